The minimum atomic E-state index is 0.366. The second kappa shape index (κ2) is 3.99. The maximum Gasteiger partial charge on any atom is 0.163 e. The molecule has 0 aromatic carbocycles. The fraction of sp³-hybridized carbons (Fsp3) is 0.364. The van der Waals surface area contributed by atoms with Gasteiger partial charge < -0.3 is 5.73 Å². The average Bonchev–Trinajstić information content (AvgIpc) is 2.38. The fourth-order valence-corrected chi connectivity index (χ4v) is 2.95. The molecular weight excluding hydrogens is 220 g/mol. The molecular formula is C11H12N4S. The highest BCUT2D eigenvalue weighted by Gasteiger charge is 2.14. The van der Waals surface area contributed by atoms with Gasteiger partial charge in [-0.25, -0.2) is 15.0 Å². The second-order valence-electron chi connectivity index (χ2n) is 3.79. The van der Waals surface area contributed by atoms with Crippen LogP contribution in [-0.2, 0) is 18.7 Å². The highest BCUT2D eigenvalue weighted by molar-refractivity contribution is 7.98. The van der Waals surface area contributed by atoms with Crippen LogP contribution >= 0.6 is 11.8 Å². The number of nitrogens with zero attached hydrogens (tertiary/aromatic N) is 3. The van der Waals surface area contributed by atoms with Gasteiger partial charge in [0, 0.05) is 23.5 Å². The Labute approximate surface area is 97.7 Å². The molecule has 0 saturated heterocycles. The van der Waals surface area contributed by atoms with Gasteiger partial charge in [0.2, 0.25) is 0 Å². The van der Waals surface area contributed by atoms with Crippen LogP contribution in [0.1, 0.15) is 17.0 Å². The fourth-order valence-electron chi connectivity index (χ4n) is 1.98. The maximum absolute atomic E-state index is 5.52. The first-order chi connectivity index (χ1) is 7.88. The molecule has 5 heteroatoms. The monoisotopic (exact) mass is 232 g/mol. The maximum atomic E-state index is 5.52. The Morgan fingerprint density at radius 2 is 2.25 bits per heavy atom. The van der Waals surface area contributed by atoms with Crippen LogP contribution in [0.2, 0.25) is 0 Å². The number of fused-ring (bicyclic) bond motifs is 3. The Hall–Kier alpha value is -1.20. The third-order valence-corrected chi connectivity index (χ3v) is 3.82. The normalized spacial score (nSPS) is 15.1. The highest BCUT2D eigenvalue weighted by atomic mass is 32.2. The Morgan fingerprint density at radius 1 is 1.31 bits per heavy atom. The first-order valence-corrected chi connectivity index (χ1v) is 6.44. The molecule has 1 aliphatic rings. The van der Waals surface area contributed by atoms with Crippen molar-refractivity contribution in [2.75, 3.05) is 5.75 Å². The van der Waals surface area contributed by atoms with Gasteiger partial charge in [0.1, 0.15) is 5.82 Å². The van der Waals surface area contributed by atoms with Crippen molar-refractivity contribution in [3.63, 3.8) is 0 Å². The number of aromatic nitrogens is 3. The highest BCUT2D eigenvalue weighted by Crippen LogP contribution is 2.28. The molecule has 82 valence electrons. The van der Waals surface area contributed by atoms with Gasteiger partial charge in [-0.3, -0.25) is 0 Å². The van der Waals surface area contributed by atoms with Crippen LogP contribution in [0.4, 0.5) is 0 Å². The standard InChI is InChI=1S/C11H12N4S/c12-3-10-13-5-9-8-1-2-16-6-7(8)4-14-11(9)15-10/h4-5H,1-3,6,12H2. The first kappa shape index (κ1) is 9.99. The van der Waals surface area contributed by atoms with Crippen LogP contribution < -0.4 is 5.73 Å². The van der Waals surface area contributed by atoms with E-state index in [0.717, 1.165) is 23.2 Å². The summed E-state index contributed by atoms with van der Waals surface area (Å²) < 4.78 is 0. The molecule has 0 radical (unpaired) electrons. The Balaban J connectivity index is 2.24. The predicted octanol–water partition coefficient (Wildman–Crippen LogP) is 1.27. The van der Waals surface area contributed by atoms with Crippen LogP contribution in [0.15, 0.2) is 12.4 Å². The first-order valence-electron chi connectivity index (χ1n) is 5.28. The zero-order valence-electron chi connectivity index (χ0n) is 8.81. The van der Waals surface area contributed by atoms with E-state index in [9.17, 15) is 0 Å². The average molecular weight is 232 g/mol. The lowest BCUT2D eigenvalue weighted by atomic mass is 10.1. The van der Waals surface area contributed by atoms with Crippen molar-refractivity contribution in [2.45, 2.75) is 18.7 Å². The zero-order chi connectivity index (χ0) is 11.0. The summed E-state index contributed by atoms with van der Waals surface area (Å²) in [6.07, 6.45) is 4.90. The van der Waals surface area contributed by atoms with Gasteiger partial charge in [-0.2, -0.15) is 11.8 Å². The van der Waals surface area contributed by atoms with Crippen molar-refractivity contribution in [2.24, 2.45) is 5.73 Å². The van der Waals surface area contributed by atoms with Crippen LogP contribution in [-0.4, -0.2) is 20.7 Å². The minimum Gasteiger partial charge on any atom is -0.324 e. The van der Waals surface area contributed by atoms with Crippen molar-refractivity contribution < 1.29 is 0 Å². The van der Waals surface area contributed by atoms with E-state index in [1.807, 2.05) is 24.2 Å². The predicted molar refractivity (Wildman–Crippen MR) is 65.1 cm³/mol. The summed E-state index contributed by atoms with van der Waals surface area (Å²) in [6, 6.07) is 0. The summed E-state index contributed by atoms with van der Waals surface area (Å²) in [4.78, 5) is 13.0. The molecule has 3 heterocycles. The quantitative estimate of drug-likeness (QED) is 0.802. The molecule has 0 unspecified atom stereocenters. The molecule has 2 N–H and O–H groups in total. The third kappa shape index (κ3) is 1.56. The Bertz CT molecular complexity index is 541. The van der Waals surface area contributed by atoms with E-state index in [-0.39, 0.29) is 0 Å². The van der Waals surface area contributed by atoms with Crippen LogP contribution in [0.25, 0.3) is 11.0 Å². The van der Waals surface area contributed by atoms with E-state index >= 15 is 0 Å². The number of hydrogen-bond acceptors (Lipinski definition) is 5. The molecule has 0 atom stereocenters. The SMILES string of the molecule is NCc1ncc2c3c(cnc2n1)CSCC3. The minimum absolute atomic E-state index is 0.366. The van der Waals surface area contributed by atoms with Gasteiger partial charge in [-0.1, -0.05) is 0 Å². The molecule has 0 saturated carbocycles. The second-order valence-corrected chi connectivity index (χ2v) is 4.90. The third-order valence-electron chi connectivity index (χ3n) is 2.81. The van der Waals surface area contributed by atoms with Gasteiger partial charge in [-0.05, 0) is 23.3 Å². The lowest BCUT2D eigenvalue weighted by Crippen LogP contribution is -2.08. The van der Waals surface area contributed by atoms with E-state index in [2.05, 4.69) is 15.0 Å². The van der Waals surface area contributed by atoms with E-state index in [1.165, 1.54) is 16.9 Å². The number of rotatable bonds is 1. The summed E-state index contributed by atoms with van der Waals surface area (Å²) in [5.74, 6) is 2.88. The van der Waals surface area contributed by atoms with Gasteiger partial charge in [0.15, 0.2) is 5.65 Å². The number of aryl methyl sites for hydroxylation is 1. The van der Waals surface area contributed by atoms with Crippen molar-refractivity contribution in [3.05, 3.63) is 29.3 Å². The molecule has 0 aliphatic carbocycles. The van der Waals surface area contributed by atoms with Crippen LogP contribution in [0.5, 0.6) is 0 Å². The summed E-state index contributed by atoms with van der Waals surface area (Å²) >= 11 is 1.95. The van der Waals surface area contributed by atoms with Gasteiger partial charge in [0.25, 0.3) is 0 Å². The molecule has 0 amide bonds. The van der Waals surface area contributed by atoms with Gasteiger partial charge in [-0.15, -0.1) is 0 Å². The van der Waals surface area contributed by atoms with Gasteiger partial charge in [0.05, 0.1) is 6.54 Å². The lowest BCUT2D eigenvalue weighted by Gasteiger charge is -2.16. The molecule has 2 aromatic rings. The van der Waals surface area contributed by atoms with Crippen molar-refractivity contribution >= 4 is 22.8 Å². The lowest BCUT2D eigenvalue weighted by molar-refractivity contribution is 0.916. The number of thioether (sulfide) groups is 1. The van der Waals surface area contributed by atoms with Crippen LogP contribution in [0.3, 0.4) is 0 Å². The van der Waals surface area contributed by atoms with E-state index in [1.54, 1.807) is 0 Å². The zero-order valence-corrected chi connectivity index (χ0v) is 9.63. The van der Waals surface area contributed by atoms with Crippen molar-refractivity contribution in [1.82, 2.24) is 15.0 Å². The topological polar surface area (TPSA) is 64.7 Å². The van der Waals surface area contributed by atoms with Crippen molar-refractivity contribution in [3.8, 4) is 0 Å². The number of nitrogens with two attached hydrogens (primary N) is 1. The van der Waals surface area contributed by atoms with Gasteiger partial charge >= 0.3 is 0 Å². The van der Waals surface area contributed by atoms with E-state index < -0.39 is 0 Å². The molecule has 2 aromatic heterocycles. The summed E-state index contributed by atoms with van der Waals surface area (Å²) in [7, 11) is 0. The van der Waals surface area contributed by atoms with Crippen molar-refractivity contribution in [1.29, 1.82) is 0 Å². The molecule has 1 aliphatic heterocycles. The molecule has 16 heavy (non-hydrogen) atoms. The van der Waals surface area contributed by atoms with E-state index in [4.69, 9.17) is 5.73 Å². The molecule has 0 fully saturated rings. The summed E-state index contributed by atoms with van der Waals surface area (Å²) in [5.41, 5.74) is 9.00. The number of hydrogen-bond donors (Lipinski definition) is 1. The Kier molecular flexibility index (Phi) is 2.49. The summed E-state index contributed by atoms with van der Waals surface area (Å²) in [5, 5.41) is 1.09. The van der Waals surface area contributed by atoms with E-state index in [0.29, 0.717) is 12.4 Å². The molecule has 0 spiro atoms. The Morgan fingerprint density at radius 3 is 3.12 bits per heavy atom. The molecule has 4 nitrogen and oxygen atoms in total. The van der Waals surface area contributed by atoms with Crippen LogP contribution in [0, 0.1) is 0 Å². The largest absolute Gasteiger partial charge is 0.324 e. The molecule has 0 bridgehead atoms. The summed E-state index contributed by atoms with van der Waals surface area (Å²) in [6.45, 7) is 0.366. The molecule has 3 rings (SSSR count). The number of pyridine rings is 1. The smallest absolute Gasteiger partial charge is 0.163 e.